The van der Waals surface area contributed by atoms with Crippen LogP contribution in [0.1, 0.15) is 35.7 Å². The van der Waals surface area contributed by atoms with E-state index >= 15 is 0 Å². The van der Waals surface area contributed by atoms with Crippen LogP contribution in [0, 0.1) is 19.8 Å². The molecular formula is C24H35N5O5. The average molecular weight is 474 g/mol. The number of carbonyl (C=O) groups excluding carboxylic acids is 2. The van der Waals surface area contributed by atoms with Gasteiger partial charge < -0.3 is 29.5 Å². The number of nitrogens with zero attached hydrogens (tertiary/aromatic N) is 3. The lowest BCUT2D eigenvalue weighted by Gasteiger charge is -2.34. The van der Waals surface area contributed by atoms with Gasteiger partial charge in [0.15, 0.2) is 5.76 Å². The number of hydrogen-bond donors (Lipinski definition) is 2. The SMILES string of the molecule is CO[C@@H]1CN(C)C(=O)c2ccc(NC(=O)Nc3c(C)noc3C)cc2OC[C@H](C)N(C)C[C@@H]1C. The van der Waals surface area contributed by atoms with Gasteiger partial charge in [0.05, 0.1) is 11.7 Å². The first-order valence-corrected chi connectivity index (χ1v) is 11.4. The van der Waals surface area contributed by atoms with E-state index in [9.17, 15) is 9.59 Å². The van der Waals surface area contributed by atoms with E-state index in [0.717, 1.165) is 6.54 Å². The summed E-state index contributed by atoms with van der Waals surface area (Å²) in [5, 5.41) is 9.36. The highest BCUT2D eigenvalue weighted by Crippen LogP contribution is 2.27. The largest absolute Gasteiger partial charge is 0.491 e. The topological polar surface area (TPSA) is 109 Å². The fraction of sp³-hybridized carbons (Fsp3) is 0.542. The van der Waals surface area contributed by atoms with Gasteiger partial charge in [0.25, 0.3) is 5.91 Å². The van der Waals surface area contributed by atoms with Gasteiger partial charge in [-0.1, -0.05) is 12.1 Å². The number of anilines is 2. The Hall–Kier alpha value is -3.11. The van der Waals surface area contributed by atoms with Crippen molar-refractivity contribution in [2.75, 3.05) is 51.5 Å². The Balaban J connectivity index is 1.85. The van der Waals surface area contributed by atoms with Crippen molar-refractivity contribution >= 4 is 23.3 Å². The molecular weight excluding hydrogens is 438 g/mol. The smallest absolute Gasteiger partial charge is 0.323 e. The van der Waals surface area contributed by atoms with Crippen molar-refractivity contribution in [1.82, 2.24) is 15.0 Å². The summed E-state index contributed by atoms with van der Waals surface area (Å²) in [6.45, 7) is 9.32. The van der Waals surface area contributed by atoms with Crippen LogP contribution in [0.2, 0.25) is 0 Å². The lowest BCUT2D eigenvalue weighted by molar-refractivity contribution is 0.0150. The first-order chi connectivity index (χ1) is 16.1. The molecule has 3 amide bonds. The fourth-order valence-electron chi connectivity index (χ4n) is 3.97. The minimum Gasteiger partial charge on any atom is -0.491 e. The zero-order chi connectivity index (χ0) is 25.0. The first kappa shape index (κ1) is 25.5. The van der Waals surface area contributed by atoms with Crippen LogP contribution in [0.3, 0.4) is 0 Å². The highest BCUT2D eigenvalue weighted by Gasteiger charge is 2.27. The summed E-state index contributed by atoms with van der Waals surface area (Å²) in [5.41, 5.74) is 2.03. The van der Waals surface area contributed by atoms with E-state index in [1.165, 1.54) is 0 Å². The third-order valence-electron chi connectivity index (χ3n) is 6.29. The number of ether oxygens (including phenoxy) is 2. The molecule has 1 aromatic heterocycles. The van der Waals surface area contributed by atoms with Gasteiger partial charge >= 0.3 is 6.03 Å². The van der Waals surface area contributed by atoms with Crippen LogP contribution >= 0.6 is 0 Å². The van der Waals surface area contributed by atoms with E-state index in [2.05, 4.69) is 41.6 Å². The molecule has 10 nitrogen and oxygen atoms in total. The summed E-state index contributed by atoms with van der Waals surface area (Å²) >= 11 is 0. The molecule has 3 atom stereocenters. The molecule has 0 spiro atoms. The van der Waals surface area contributed by atoms with Crippen molar-refractivity contribution in [3.05, 3.63) is 35.2 Å². The monoisotopic (exact) mass is 473 g/mol. The van der Waals surface area contributed by atoms with E-state index in [0.29, 0.717) is 47.3 Å². The van der Waals surface area contributed by atoms with Crippen molar-refractivity contribution in [3.8, 4) is 5.75 Å². The maximum Gasteiger partial charge on any atom is 0.323 e. The normalized spacial score (nSPS) is 22.3. The van der Waals surface area contributed by atoms with Crippen molar-refractivity contribution in [1.29, 1.82) is 0 Å². The Bertz CT molecular complexity index is 1000. The second kappa shape index (κ2) is 10.9. The number of carbonyl (C=O) groups is 2. The van der Waals surface area contributed by atoms with Gasteiger partial charge in [0, 0.05) is 45.0 Å². The average Bonchev–Trinajstić information content (AvgIpc) is 3.11. The molecule has 0 aliphatic carbocycles. The van der Waals surface area contributed by atoms with Crippen LogP contribution in [-0.4, -0.2) is 79.9 Å². The minimum absolute atomic E-state index is 0.0960. The van der Waals surface area contributed by atoms with Crippen LogP contribution in [0.5, 0.6) is 5.75 Å². The Morgan fingerprint density at radius 3 is 2.56 bits per heavy atom. The van der Waals surface area contributed by atoms with Crippen molar-refractivity contribution in [2.45, 2.75) is 39.8 Å². The summed E-state index contributed by atoms with van der Waals surface area (Å²) in [4.78, 5) is 29.7. The summed E-state index contributed by atoms with van der Waals surface area (Å²) < 4.78 is 16.9. The van der Waals surface area contributed by atoms with E-state index in [-0.39, 0.29) is 24.0 Å². The highest BCUT2D eigenvalue weighted by molar-refractivity contribution is 6.02. The van der Waals surface area contributed by atoms with Gasteiger partial charge in [0.1, 0.15) is 23.7 Å². The Morgan fingerprint density at radius 2 is 1.91 bits per heavy atom. The lowest BCUT2D eigenvalue weighted by atomic mass is 10.0. The molecule has 3 rings (SSSR count). The van der Waals surface area contributed by atoms with Crippen molar-refractivity contribution in [2.24, 2.45) is 5.92 Å². The number of likely N-dealkylation sites (N-methyl/N-ethyl adjacent to an activating group) is 2. The van der Waals surface area contributed by atoms with Gasteiger partial charge in [-0.3, -0.25) is 9.69 Å². The molecule has 0 fully saturated rings. The maximum atomic E-state index is 13.2. The number of urea groups is 1. The van der Waals surface area contributed by atoms with Gasteiger partial charge in [-0.15, -0.1) is 0 Å². The quantitative estimate of drug-likeness (QED) is 0.703. The second-order valence-electron chi connectivity index (χ2n) is 9.03. The van der Waals surface area contributed by atoms with Crippen LogP contribution in [0.15, 0.2) is 22.7 Å². The van der Waals surface area contributed by atoms with Gasteiger partial charge in [-0.05, 0) is 45.9 Å². The highest BCUT2D eigenvalue weighted by atomic mass is 16.5. The van der Waals surface area contributed by atoms with Gasteiger partial charge in [0.2, 0.25) is 0 Å². The molecule has 2 aromatic rings. The summed E-state index contributed by atoms with van der Waals surface area (Å²) in [6, 6.07) is 4.68. The van der Waals surface area contributed by atoms with E-state index in [1.54, 1.807) is 51.1 Å². The van der Waals surface area contributed by atoms with E-state index in [1.807, 2.05) is 0 Å². The zero-order valence-corrected chi connectivity index (χ0v) is 21.0. The van der Waals surface area contributed by atoms with Gasteiger partial charge in [-0.2, -0.15) is 0 Å². The Kier molecular flexibility index (Phi) is 8.16. The van der Waals surface area contributed by atoms with E-state index < -0.39 is 6.03 Å². The predicted octanol–water partition coefficient (Wildman–Crippen LogP) is 3.37. The molecule has 10 heteroatoms. The molecule has 34 heavy (non-hydrogen) atoms. The number of fused-ring (bicyclic) bond motifs is 1. The predicted molar refractivity (Wildman–Crippen MR) is 130 cm³/mol. The van der Waals surface area contributed by atoms with Gasteiger partial charge in [-0.25, -0.2) is 4.79 Å². The van der Waals surface area contributed by atoms with E-state index in [4.69, 9.17) is 14.0 Å². The number of nitrogens with one attached hydrogen (secondary N) is 2. The standard InChI is InChI=1S/C24H35N5O5/c1-14-11-28(5)15(2)13-33-20-10-18(25-24(31)26-22-16(3)27-34-17(22)4)8-9-19(20)23(30)29(6)12-21(14)32-7/h8-10,14-15,21H,11-13H2,1-7H3,(H2,25,26,31)/t14-,15-,21+/m0/s1. The summed E-state index contributed by atoms with van der Waals surface area (Å²) in [7, 11) is 5.49. The number of rotatable bonds is 3. The first-order valence-electron chi connectivity index (χ1n) is 11.4. The molecule has 0 unspecified atom stereocenters. The minimum atomic E-state index is -0.448. The zero-order valence-electron chi connectivity index (χ0n) is 21.0. The van der Waals surface area contributed by atoms with Crippen LogP contribution in [0.25, 0.3) is 0 Å². The number of amides is 3. The molecule has 0 radical (unpaired) electrons. The molecule has 186 valence electrons. The molecule has 2 N–H and O–H groups in total. The molecule has 1 aliphatic rings. The van der Waals surface area contributed by atoms with Crippen molar-refractivity contribution < 1.29 is 23.6 Å². The van der Waals surface area contributed by atoms with Crippen molar-refractivity contribution in [3.63, 3.8) is 0 Å². The molecule has 1 aromatic carbocycles. The number of aryl methyl sites for hydroxylation is 2. The molecule has 1 aliphatic heterocycles. The third kappa shape index (κ3) is 5.87. The summed E-state index contributed by atoms with van der Waals surface area (Å²) in [6.07, 6.45) is -0.0960. The number of methoxy groups -OCH3 is 1. The van der Waals surface area contributed by atoms with Crippen LogP contribution in [-0.2, 0) is 4.74 Å². The Labute approximate surface area is 200 Å². The van der Waals surface area contributed by atoms with Crippen LogP contribution in [0.4, 0.5) is 16.2 Å². The second-order valence-corrected chi connectivity index (χ2v) is 9.03. The van der Waals surface area contributed by atoms with Crippen LogP contribution < -0.4 is 15.4 Å². The summed E-state index contributed by atoms with van der Waals surface area (Å²) in [5.74, 6) is 0.991. The number of aromatic nitrogens is 1. The maximum absolute atomic E-state index is 13.2. The molecule has 0 bridgehead atoms. The number of benzene rings is 1. The lowest BCUT2D eigenvalue weighted by Crippen LogP contribution is -2.45. The fourth-order valence-corrected chi connectivity index (χ4v) is 3.97. The molecule has 0 saturated heterocycles. The molecule has 2 heterocycles. The molecule has 0 saturated carbocycles. The third-order valence-corrected chi connectivity index (χ3v) is 6.29. The number of hydrogen-bond acceptors (Lipinski definition) is 7. The Morgan fingerprint density at radius 1 is 1.18 bits per heavy atom.